The Kier molecular flexibility index (Phi) is 6.24. The van der Waals surface area contributed by atoms with Crippen molar-refractivity contribution in [3.8, 4) is 0 Å². The van der Waals surface area contributed by atoms with E-state index in [0.29, 0.717) is 28.9 Å². The summed E-state index contributed by atoms with van der Waals surface area (Å²) >= 11 is 1.52. The van der Waals surface area contributed by atoms with E-state index >= 15 is 0 Å². The second-order valence-electron chi connectivity index (χ2n) is 6.46. The SMILES string of the molecule is CCOC(=O)c1cnc2nc(SCc3ccccc3)nn2c1NCc1ccccc1. The zero-order chi connectivity index (χ0) is 20.8. The van der Waals surface area contributed by atoms with Crippen molar-refractivity contribution in [1.82, 2.24) is 19.6 Å². The number of esters is 1. The average Bonchev–Trinajstić information content (AvgIpc) is 3.21. The standard InChI is InChI=1S/C22H21N5O2S/c1-2-29-20(28)18-14-24-21-25-22(30-15-17-11-7-4-8-12-17)26-27(21)19(18)23-13-16-9-5-3-6-10-16/h3-12,14,23H,2,13,15H2,1H3. The number of aromatic nitrogens is 4. The Morgan fingerprint density at radius 2 is 1.77 bits per heavy atom. The first kappa shape index (κ1) is 19.9. The molecule has 2 aromatic carbocycles. The molecule has 0 saturated heterocycles. The molecule has 8 heteroatoms. The molecule has 0 aliphatic rings. The first-order chi connectivity index (χ1) is 14.7. The van der Waals surface area contributed by atoms with Crippen molar-refractivity contribution in [1.29, 1.82) is 0 Å². The molecule has 0 aliphatic carbocycles. The van der Waals surface area contributed by atoms with E-state index in [1.54, 1.807) is 11.4 Å². The van der Waals surface area contributed by atoms with E-state index in [9.17, 15) is 4.79 Å². The van der Waals surface area contributed by atoms with Gasteiger partial charge in [0.05, 0.1) is 6.61 Å². The summed E-state index contributed by atoms with van der Waals surface area (Å²) in [6.45, 7) is 2.58. The predicted molar refractivity (Wildman–Crippen MR) is 117 cm³/mol. The number of carbonyl (C=O) groups excluding carboxylic acids is 1. The molecule has 0 saturated carbocycles. The maximum absolute atomic E-state index is 12.5. The van der Waals surface area contributed by atoms with Crippen molar-refractivity contribution in [2.45, 2.75) is 24.4 Å². The molecule has 0 unspecified atom stereocenters. The van der Waals surface area contributed by atoms with Gasteiger partial charge in [-0.25, -0.2) is 9.78 Å². The molecule has 0 bridgehead atoms. The fourth-order valence-electron chi connectivity index (χ4n) is 2.91. The number of nitrogens with one attached hydrogen (secondary N) is 1. The molecule has 30 heavy (non-hydrogen) atoms. The normalized spacial score (nSPS) is 10.8. The molecule has 4 rings (SSSR count). The van der Waals surface area contributed by atoms with Crippen LogP contribution in [-0.2, 0) is 17.0 Å². The monoisotopic (exact) mass is 419 g/mol. The lowest BCUT2D eigenvalue weighted by Crippen LogP contribution is -2.14. The van der Waals surface area contributed by atoms with Gasteiger partial charge in [-0.1, -0.05) is 72.4 Å². The second kappa shape index (κ2) is 9.41. The highest BCUT2D eigenvalue weighted by Crippen LogP contribution is 2.23. The van der Waals surface area contributed by atoms with Gasteiger partial charge in [0.25, 0.3) is 5.78 Å². The Morgan fingerprint density at radius 3 is 2.47 bits per heavy atom. The fourth-order valence-corrected chi connectivity index (χ4v) is 3.68. The molecule has 4 aromatic rings. The summed E-state index contributed by atoms with van der Waals surface area (Å²) in [5, 5.41) is 8.48. The highest BCUT2D eigenvalue weighted by molar-refractivity contribution is 7.98. The number of ether oxygens (including phenoxy) is 1. The van der Waals surface area contributed by atoms with Gasteiger partial charge in [-0.3, -0.25) is 0 Å². The molecule has 0 atom stereocenters. The summed E-state index contributed by atoms with van der Waals surface area (Å²) in [5.41, 5.74) is 2.59. The molecule has 0 amide bonds. The minimum absolute atomic E-state index is 0.282. The molecule has 2 aromatic heterocycles. The van der Waals surface area contributed by atoms with Crippen LogP contribution in [0.5, 0.6) is 0 Å². The van der Waals surface area contributed by atoms with Crippen LogP contribution >= 0.6 is 11.8 Å². The van der Waals surface area contributed by atoms with E-state index in [1.807, 2.05) is 48.5 Å². The number of anilines is 1. The maximum Gasteiger partial charge on any atom is 0.343 e. The maximum atomic E-state index is 12.5. The van der Waals surface area contributed by atoms with Gasteiger partial charge in [-0.15, -0.1) is 5.10 Å². The second-order valence-corrected chi connectivity index (χ2v) is 7.40. The predicted octanol–water partition coefficient (Wildman–Crippen LogP) is 4.21. The Labute approximate surface area is 178 Å². The number of hydrogen-bond acceptors (Lipinski definition) is 7. The largest absolute Gasteiger partial charge is 0.462 e. The Hall–Kier alpha value is -3.39. The van der Waals surface area contributed by atoms with Crippen LogP contribution in [0.4, 0.5) is 5.82 Å². The van der Waals surface area contributed by atoms with Crippen molar-refractivity contribution >= 4 is 29.3 Å². The lowest BCUT2D eigenvalue weighted by Gasteiger charge is -2.12. The number of hydrogen-bond donors (Lipinski definition) is 1. The number of fused-ring (bicyclic) bond motifs is 1. The van der Waals surface area contributed by atoms with Crippen LogP contribution in [0.2, 0.25) is 0 Å². The summed E-state index contributed by atoms with van der Waals surface area (Å²) in [5.74, 6) is 1.24. The van der Waals surface area contributed by atoms with Crippen molar-refractivity contribution < 1.29 is 9.53 Å². The third-order valence-corrected chi connectivity index (χ3v) is 5.26. The molecule has 0 spiro atoms. The molecule has 2 heterocycles. The summed E-state index contributed by atoms with van der Waals surface area (Å²) in [4.78, 5) is 21.3. The smallest absolute Gasteiger partial charge is 0.343 e. The van der Waals surface area contributed by atoms with Crippen LogP contribution in [0.25, 0.3) is 5.78 Å². The number of carbonyl (C=O) groups is 1. The highest BCUT2D eigenvalue weighted by atomic mass is 32.2. The molecule has 152 valence electrons. The Balaban J connectivity index is 1.64. The van der Waals surface area contributed by atoms with E-state index < -0.39 is 5.97 Å². The summed E-state index contributed by atoms with van der Waals surface area (Å²) in [6, 6.07) is 20.1. The molecule has 0 aliphatic heterocycles. The van der Waals surface area contributed by atoms with Gasteiger partial charge in [0, 0.05) is 18.5 Å². The van der Waals surface area contributed by atoms with Crippen LogP contribution < -0.4 is 5.32 Å². The van der Waals surface area contributed by atoms with Crippen molar-refractivity contribution in [3.63, 3.8) is 0 Å². The third-order valence-electron chi connectivity index (χ3n) is 4.36. The van der Waals surface area contributed by atoms with E-state index in [2.05, 4.69) is 32.5 Å². The van der Waals surface area contributed by atoms with Crippen LogP contribution in [-0.4, -0.2) is 32.2 Å². The van der Waals surface area contributed by atoms with E-state index in [4.69, 9.17) is 4.74 Å². The van der Waals surface area contributed by atoms with Gasteiger partial charge in [0.15, 0.2) is 0 Å². The number of rotatable bonds is 8. The highest BCUT2D eigenvalue weighted by Gasteiger charge is 2.19. The van der Waals surface area contributed by atoms with Crippen LogP contribution in [0.15, 0.2) is 72.0 Å². The van der Waals surface area contributed by atoms with Crippen LogP contribution in [0.1, 0.15) is 28.4 Å². The molecular formula is C22H21N5O2S. The molecule has 0 radical (unpaired) electrons. The number of nitrogens with zero attached hydrogens (tertiary/aromatic N) is 4. The van der Waals surface area contributed by atoms with E-state index in [-0.39, 0.29) is 6.61 Å². The lowest BCUT2D eigenvalue weighted by atomic mass is 10.2. The van der Waals surface area contributed by atoms with Crippen LogP contribution in [0.3, 0.4) is 0 Å². The Morgan fingerprint density at radius 1 is 1.07 bits per heavy atom. The van der Waals surface area contributed by atoms with Gasteiger partial charge >= 0.3 is 5.97 Å². The molecular weight excluding hydrogens is 398 g/mol. The van der Waals surface area contributed by atoms with E-state index in [1.165, 1.54) is 23.5 Å². The van der Waals surface area contributed by atoms with Gasteiger partial charge < -0.3 is 10.1 Å². The molecule has 7 nitrogen and oxygen atoms in total. The summed E-state index contributed by atoms with van der Waals surface area (Å²) < 4.78 is 6.77. The number of thioether (sulfide) groups is 1. The summed E-state index contributed by atoms with van der Waals surface area (Å²) in [7, 11) is 0. The third kappa shape index (κ3) is 4.60. The van der Waals surface area contributed by atoms with Gasteiger partial charge in [-0.05, 0) is 18.1 Å². The fraction of sp³-hybridized carbons (Fsp3) is 0.182. The first-order valence-corrected chi connectivity index (χ1v) is 10.6. The number of benzene rings is 2. The van der Waals surface area contributed by atoms with Crippen molar-refractivity contribution in [2.24, 2.45) is 0 Å². The van der Waals surface area contributed by atoms with Crippen molar-refractivity contribution in [2.75, 3.05) is 11.9 Å². The minimum Gasteiger partial charge on any atom is -0.462 e. The average molecular weight is 420 g/mol. The topological polar surface area (TPSA) is 81.4 Å². The molecule has 0 fully saturated rings. The van der Waals surface area contributed by atoms with Gasteiger partial charge in [-0.2, -0.15) is 9.50 Å². The Bertz CT molecular complexity index is 1130. The first-order valence-electron chi connectivity index (χ1n) is 9.62. The minimum atomic E-state index is -0.448. The quantitative estimate of drug-likeness (QED) is 0.338. The van der Waals surface area contributed by atoms with Crippen molar-refractivity contribution in [3.05, 3.63) is 83.6 Å². The lowest BCUT2D eigenvalue weighted by molar-refractivity contribution is 0.0526. The van der Waals surface area contributed by atoms with Gasteiger partial charge in [0.2, 0.25) is 5.16 Å². The van der Waals surface area contributed by atoms with E-state index in [0.717, 1.165) is 11.3 Å². The summed E-state index contributed by atoms with van der Waals surface area (Å²) in [6.07, 6.45) is 1.49. The van der Waals surface area contributed by atoms with Gasteiger partial charge in [0.1, 0.15) is 11.4 Å². The van der Waals surface area contributed by atoms with Crippen LogP contribution in [0, 0.1) is 0 Å². The molecule has 1 N–H and O–H groups in total. The zero-order valence-corrected chi connectivity index (χ0v) is 17.3. The zero-order valence-electron chi connectivity index (χ0n) is 16.5.